The fourth-order valence-electron chi connectivity index (χ4n) is 4.46. The van der Waals surface area contributed by atoms with E-state index in [2.05, 4.69) is 13.8 Å². The van der Waals surface area contributed by atoms with Gasteiger partial charge in [0.05, 0.1) is 13.2 Å². The van der Waals surface area contributed by atoms with Crippen LogP contribution in [0.15, 0.2) is 11.1 Å². The summed E-state index contributed by atoms with van der Waals surface area (Å²) in [5.74, 6) is 1.69. The molecule has 2 unspecified atom stereocenters. The zero-order valence-electron chi connectivity index (χ0n) is 14.5. The molecule has 2 rings (SSSR count). The first-order valence-electron chi connectivity index (χ1n) is 9.66. The van der Waals surface area contributed by atoms with Crippen LogP contribution in [0.5, 0.6) is 0 Å². The summed E-state index contributed by atoms with van der Waals surface area (Å²) in [4.78, 5) is 0. The summed E-state index contributed by atoms with van der Waals surface area (Å²) in [5.41, 5.74) is 3.58. The van der Waals surface area contributed by atoms with E-state index in [1.165, 1.54) is 77.0 Å². The molecule has 2 atom stereocenters. The molecule has 0 fully saturated rings. The number of hydrogen-bond donors (Lipinski definition) is 0. The number of rotatable bonds is 4. The highest BCUT2D eigenvalue weighted by Gasteiger charge is 2.26. The Morgan fingerprint density at radius 1 is 0.810 bits per heavy atom. The van der Waals surface area contributed by atoms with Crippen molar-refractivity contribution in [3.05, 3.63) is 11.1 Å². The van der Waals surface area contributed by atoms with E-state index in [1.54, 1.807) is 5.57 Å². The zero-order valence-corrected chi connectivity index (χ0v) is 14.5. The second-order valence-corrected chi connectivity index (χ2v) is 7.17. The van der Waals surface area contributed by atoms with Crippen molar-refractivity contribution in [1.82, 2.24) is 0 Å². The van der Waals surface area contributed by atoms with Gasteiger partial charge < -0.3 is 4.74 Å². The van der Waals surface area contributed by atoms with Crippen molar-refractivity contribution in [2.24, 2.45) is 11.8 Å². The normalized spacial score (nSPS) is 28.9. The van der Waals surface area contributed by atoms with Crippen LogP contribution in [0.25, 0.3) is 0 Å². The minimum Gasteiger partial charge on any atom is -0.377 e. The number of ether oxygens (including phenoxy) is 1. The van der Waals surface area contributed by atoms with Gasteiger partial charge in [0.15, 0.2) is 0 Å². The molecule has 0 radical (unpaired) electrons. The van der Waals surface area contributed by atoms with Crippen LogP contribution < -0.4 is 0 Å². The molecule has 0 saturated heterocycles. The first kappa shape index (κ1) is 17.1. The number of hydrogen-bond acceptors (Lipinski definition) is 1. The Kier molecular flexibility index (Phi) is 7.85. The van der Waals surface area contributed by atoms with Crippen LogP contribution >= 0.6 is 0 Å². The van der Waals surface area contributed by atoms with E-state index in [0.717, 1.165) is 25.0 Å². The van der Waals surface area contributed by atoms with Gasteiger partial charge in [-0.15, -0.1) is 0 Å². The predicted octanol–water partition coefficient (Wildman–Crippen LogP) is 6.28. The summed E-state index contributed by atoms with van der Waals surface area (Å²) in [7, 11) is 0. The maximum atomic E-state index is 5.88. The SMILES string of the molecule is CCCC1CCCCCCCC(CCC)C2=C1CCOC2. The summed E-state index contributed by atoms with van der Waals surface area (Å²) >= 11 is 0. The monoisotopic (exact) mass is 292 g/mol. The van der Waals surface area contributed by atoms with Crippen LogP contribution in [0.3, 0.4) is 0 Å². The smallest absolute Gasteiger partial charge is 0.0682 e. The van der Waals surface area contributed by atoms with Crippen LogP contribution in [-0.4, -0.2) is 13.2 Å². The molecule has 122 valence electrons. The lowest BCUT2D eigenvalue weighted by Crippen LogP contribution is -2.22. The van der Waals surface area contributed by atoms with Crippen molar-refractivity contribution >= 4 is 0 Å². The van der Waals surface area contributed by atoms with E-state index < -0.39 is 0 Å². The zero-order chi connectivity index (χ0) is 14.9. The largest absolute Gasteiger partial charge is 0.377 e. The van der Waals surface area contributed by atoms with Crippen LogP contribution in [0.1, 0.15) is 90.9 Å². The summed E-state index contributed by atoms with van der Waals surface area (Å²) in [5, 5.41) is 0. The first-order chi connectivity index (χ1) is 10.4. The maximum absolute atomic E-state index is 5.88. The predicted molar refractivity (Wildman–Crippen MR) is 91.6 cm³/mol. The van der Waals surface area contributed by atoms with Gasteiger partial charge in [0.2, 0.25) is 0 Å². The van der Waals surface area contributed by atoms with Gasteiger partial charge in [0.25, 0.3) is 0 Å². The third-order valence-corrected chi connectivity index (χ3v) is 5.55. The molecule has 1 aliphatic heterocycles. The average molecular weight is 293 g/mol. The van der Waals surface area contributed by atoms with E-state index in [1.807, 2.05) is 5.57 Å². The van der Waals surface area contributed by atoms with Crippen molar-refractivity contribution in [2.45, 2.75) is 90.9 Å². The summed E-state index contributed by atoms with van der Waals surface area (Å²) in [6, 6.07) is 0. The first-order valence-corrected chi connectivity index (χ1v) is 9.66. The fraction of sp³-hybridized carbons (Fsp3) is 0.900. The van der Waals surface area contributed by atoms with Crippen molar-refractivity contribution in [3.63, 3.8) is 0 Å². The summed E-state index contributed by atoms with van der Waals surface area (Å²) < 4.78 is 5.88. The molecule has 1 aliphatic carbocycles. The topological polar surface area (TPSA) is 9.23 Å². The van der Waals surface area contributed by atoms with Gasteiger partial charge in [-0.3, -0.25) is 0 Å². The van der Waals surface area contributed by atoms with Gasteiger partial charge in [0, 0.05) is 0 Å². The van der Waals surface area contributed by atoms with E-state index in [0.29, 0.717) is 0 Å². The standard InChI is InChI=1S/C20H36O/c1-3-10-17-12-8-6-5-7-9-13-18(11-4-2)20-16-21-15-14-19(17)20/h17-18H,3-16H2,1-2H3. The molecule has 21 heavy (non-hydrogen) atoms. The fourth-order valence-corrected chi connectivity index (χ4v) is 4.46. The van der Waals surface area contributed by atoms with Crippen LogP contribution in [0.4, 0.5) is 0 Å². The van der Waals surface area contributed by atoms with E-state index in [9.17, 15) is 0 Å². The van der Waals surface area contributed by atoms with E-state index >= 15 is 0 Å². The highest BCUT2D eigenvalue weighted by atomic mass is 16.5. The molecule has 0 bridgehead atoms. The highest BCUT2D eigenvalue weighted by Crippen LogP contribution is 2.37. The van der Waals surface area contributed by atoms with Crippen LogP contribution in [0.2, 0.25) is 0 Å². The Hall–Kier alpha value is -0.300. The van der Waals surface area contributed by atoms with Gasteiger partial charge in [0.1, 0.15) is 0 Å². The lowest BCUT2D eigenvalue weighted by Gasteiger charge is -2.32. The van der Waals surface area contributed by atoms with E-state index in [-0.39, 0.29) is 0 Å². The molecule has 0 aromatic carbocycles. The molecule has 0 aromatic rings. The minimum atomic E-state index is 0.822. The Bertz CT molecular complexity index is 288. The van der Waals surface area contributed by atoms with Gasteiger partial charge in [-0.2, -0.15) is 0 Å². The third kappa shape index (κ3) is 5.13. The quantitative estimate of drug-likeness (QED) is 0.554. The molecule has 0 amide bonds. The highest BCUT2D eigenvalue weighted by molar-refractivity contribution is 5.22. The Morgan fingerprint density at radius 2 is 1.38 bits per heavy atom. The second-order valence-electron chi connectivity index (χ2n) is 7.17. The lowest BCUT2D eigenvalue weighted by molar-refractivity contribution is 0.130. The molecule has 1 nitrogen and oxygen atoms in total. The van der Waals surface area contributed by atoms with Gasteiger partial charge >= 0.3 is 0 Å². The van der Waals surface area contributed by atoms with Crippen LogP contribution in [0, 0.1) is 11.8 Å². The van der Waals surface area contributed by atoms with Crippen molar-refractivity contribution in [1.29, 1.82) is 0 Å². The Morgan fingerprint density at radius 3 is 2.00 bits per heavy atom. The molecular weight excluding hydrogens is 256 g/mol. The molecule has 2 aliphatic rings. The van der Waals surface area contributed by atoms with Gasteiger partial charge in [-0.05, 0) is 49.5 Å². The maximum Gasteiger partial charge on any atom is 0.0682 e. The lowest BCUT2D eigenvalue weighted by atomic mass is 9.78. The van der Waals surface area contributed by atoms with Gasteiger partial charge in [-0.1, -0.05) is 64.4 Å². The third-order valence-electron chi connectivity index (χ3n) is 5.55. The summed E-state index contributed by atoms with van der Waals surface area (Å²) in [6.45, 7) is 6.62. The molecular formula is C20H36O. The average Bonchev–Trinajstić information content (AvgIpc) is 2.54. The second kappa shape index (κ2) is 9.66. The molecule has 1 heteroatoms. The molecule has 0 N–H and O–H groups in total. The Balaban J connectivity index is 2.23. The Labute approximate surface area is 132 Å². The molecule has 0 aromatic heterocycles. The van der Waals surface area contributed by atoms with Crippen molar-refractivity contribution in [3.8, 4) is 0 Å². The molecule has 1 heterocycles. The molecule has 0 saturated carbocycles. The molecule has 0 spiro atoms. The van der Waals surface area contributed by atoms with E-state index in [4.69, 9.17) is 4.74 Å². The summed E-state index contributed by atoms with van der Waals surface area (Å²) in [6.07, 6.45) is 16.7. The van der Waals surface area contributed by atoms with Crippen molar-refractivity contribution < 1.29 is 4.74 Å². The van der Waals surface area contributed by atoms with Crippen molar-refractivity contribution in [2.75, 3.05) is 13.2 Å². The van der Waals surface area contributed by atoms with Gasteiger partial charge in [-0.25, -0.2) is 0 Å². The minimum absolute atomic E-state index is 0.822. The van der Waals surface area contributed by atoms with Crippen LogP contribution in [-0.2, 0) is 4.74 Å².